The van der Waals surface area contributed by atoms with Gasteiger partial charge in [-0.2, -0.15) is 4.31 Å². The lowest BCUT2D eigenvalue weighted by atomic mass is 10.1. The molecule has 0 atom stereocenters. The topological polar surface area (TPSA) is 88.6 Å². The van der Waals surface area contributed by atoms with Gasteiger partial charge in [0.1, 0.15) is 10.8 Å². The lowest BCUT2D eigenvalue weighted by molar-refractivity contribution is 0.102. The van der Waals surface area contributed by atoms with Gasteiger partial charge in [-0.1, -0.05) is 18.6 Å². The molecule has 0 spiro atoms. The Morgan fingerprint density at radius 2 is 1.74 bits per heavy atom. The number of carbonyl (C=O) groups is 1. The minimum Gasteiger partial charge on any atom is -0.496 e. The molecule has 4 aromatic rings. The fourth-order valence-electron chi connectivity index (χ4n) is 4.17. The Kier molecular flexibility index (Phi) is 6.55. The van der Waals surface area contributed by atoms with Gasteiger partial charge in [-0.05, 0) is 67.4 Å². The fraction of sp³-hybridized carbons (Fsp3) is 0.231. The highest BCUT2D eigenvalue weighted by Gasteiger charge is 2.27. The quantitative estimate of drug-likeness (QED) is 0.378. The molecule has 180 valence electrons. The van der Waals surface area contributed by atoms with E-state index < -0.39 is 15.9 Å². The Hall–Kier alpha value is -3.27. The molecule has 9 heteroatoms. The Labute approximate surface area is 208 Å². The first-order valence-electron chi connectivity index (χ1n) is 11.4. The van der Waals surface area contributed by atoms with Crippen molar-refractivity contribution in [1.82, 2.24) is 9.29 Å². The normalized spacial score (nSPS) is 14.7. The summed E-state index contributed by atoms with van der Waals surface area (Å²) in [6.07, 6.45) is 2.71. The van der Waals surface area contributed by atoms with Crippen LogP contribution in [0.1, 0.15) is 29.6 Å². The highest BCUT2D eigenvalue weighted by Crippen LogP contribution is 2.31. The van der Waals surface area contributed by atoms with Gasteiger partial charge < -0.3 is 10.1 Å². The predicted molar refractivity (Wildman–Crippen MR) is 139 cm³/mol. The van der Waals surface area contributed by atoms with E-state index in [4.69, 9.17) is 4.74 Å². The first-order valence-corrected chi connectivity index (χ1v) is 13.7. The summed E-state index contributed by atoms with van der Waals surface area (Å²) in [5, 5.41) is 3.76. The first kappa shape index (κ1) is 23.5. The largest absolute Gasteiger partial charge is 0.496 e. The molecular weight excluding hydrogens is 482 g/mol. The molecule has 7 nitrogen and oxygen atoms in total. The van der Waals surface area contributed by atoms with Crippen molar-refractivity contribution < 1.29 is 17.9 Å². The van der Waals surface area contributed by atoms with Gasteiger partial charge in [0.2, 0.25) is 10.0 Å². The van der Waals surface area contributed by atoms with Crippen LogP contribution in [0, 0.1) is 0 Å². The molecule has 2 heterocycles. The van der Waals surface area contributed by atoms with Crippen molar-refractivity contribution in [3.05, 3.63) is 72.3 Å². The first-order chi connectivity index (χ1) is 17.0. The number of benzene rings is 3. The Bertz CT molecular complexity index is 1440. The monoisotopic (exact) mass is 507 g/mol. The molecule has 3 aromatic carbocycles. The number of para-hydroxylation sites is 1. The van der Waals surface area contributed by atoms with Crippen molar-refractivity contribution in [1.29, 1.82) is 0 Å². The van der Waals surface area contributed by atoms with Crippen molar-refractivity contribution in [2.24, 2.45) is 0 Å². The number of hydrogen-bond donors (Lipinski definition) is 1. The molecule has 1 amide bonds. The van der Waals surface area contributed by atoms with E-state index in [9.17, 15) is 13.2 Å². The molecule has 0 radical (unpaired) electrons. The van der Waals surface area contributed by atoms with Crippen molar-refractivity contribution in [2.75, 3.05) is 25.5 Å². The van der Waals surface area contributed by atoms with Crippen LogP contribution in [-0.4, -0.2) is 43.8 Å². The molecule has 35 heavy (non-hydrogen) atoms. The number of ether oxygens (including phenoxy) is 1. The van der Waals surface area contributed by atoms with Crippen LogP contribution in [0.5, 0.6) is 5.75 Å². The van der Waals surface area contributed by atoms with Crippen molar-refractivity contribution in [3.63, 3.8) is 0 Å². The predicted octanol–water partition coefficient (Wildman–Crippen LogP) is 5.40. The molecule has 0 bridgehead atoms. The van der Waals surface area contributed by atoms with Gasteiger partial charge in [0.05, 0.1) is 27.8 Å². The number of nitrogens with zero attached hydrogens (tertiary/aromatic N) is 2. The molecule has 1 fully saturated rings. The van der Waals surface area contributed by atoms with Gasteiger partial charge >= 0.3 is 0 Å². The number of amides is 1. The summed E-state index contributed by atoms with van der Waals surface area (Å²) in [5.74, 6) is -0.128. The third-order valence-corrected chi connectivity index (χ3v) is 9.03. The average molecular weight is 508 g/mol. The van der Waals surface area contributed by atoms with Gasteiger partial charge in [0, 0.05) is 24.3 Å². The average Bonchev–Trinajstić information content (AvgIpc) is 3.33. The molecular formula is C26H25N3O4S2. The van der Waals surface area contributed by atoms with Crippen LogP contribution in [0.15, 0.2) is 71.6 Å². The van der Waals surface area contributed by atoms with Gasteiger partial charge in [0.15, 0.2) is 0 Å². The maximum absolute atomic E-state index is 13.1. The SMILES string of the molecule is COc1ccc(S(=O)(=O)N2CCCCC2)cc1C(=O)Nc1ccc(-c2nc3ccccc3s2)cc1. The maximum atomic E-state index is 13.1. The van der Waals surface area contributed by atoms with E-state index >= 15 is 0 Å². The second-order valence-electron chi connectivity index (χ2n) is 8.35. The van der Waals surface area contributed by atoms with Gasteiger partial charge in [0.25, 0.3) is 5.91 Å². The van der Waals surface area contributed by atoms with Crippen molar-refractivity contribution in [3.8, 4) is 16.3 Å². The summed E-state index contributed by atoms with van der Waals surface area (Å²) in [6.45, 7) is 0.994. The van der Waals surface area contributed by atoms with Gasteiger partial charge in [-0.15, -0.1) is 11.3 Å². The van der Waals surface area contributed by atoms with E-state index in [0.717, 1.165) is 40.1 Å². The van der Waals surface area contributed by atoms with Gasteiger partial charge in [-0.3, -0.25) is 4.79 Å². The number of anilines is 1. The standard InChI is InChI=1S/C26H25N3O4S2/c1-33-23-14-13-20(35(31,32)29-15-5-2-6-16-29)17-21(23)25(30)27-19-11-9-18(10-12-19)26-28-22-7-3-4-8-24(22)34-26/h3-4,7-14,17H,2,5-6,15-16H2,1H3,(H,27,30). The van der Waals surface area contributed by atoms with Crippen LogP contribution < -0.4 is 10.1 Å². The van der Waals surface area contributed by atoms with E-state index in [1.54, 1.807) is 23.5 Å². The lowest BCUT2D eigenvalue weighted by Crippen LogP contribution is -2.35. The van der Waals surface area contributed by atoms with Crippen molar-refractivity contribution >= 4 is 43.2 Å². The van der Waals surface area contributed by atoms with E-state index in [2.05, 4.69) is 10.3 Å². The summed E-state index contributed by atoms with van der Waals surface area (Å²) in [5.41, 5.74) is 2.67. The molecule has 5 rings (SSSR count). The number of methoxy groups -OCH3 is 1. The van der Waals surface area contributed by atoms with Gasteiger partial charge in [-0.25, -0.2) is 13.4 Å². The van der Waals surface area contributed by atoms with Crippen LogP contribution >= 0.6 is 11.3 Å². The third kappa shape index (κ3) is 4.80. The lowest BCUT2D eigenvalue weighted by Gasteiger charge is -2.26. The molecule has 1 saturated heterocycles. The third-order valence-electron chi connectivity index (χ3n) is 6.05. The minimum atomic E-state index is -3.67. The number of aromatic nitrogens is 1. The summed E-state index contributed by atoms with van der Waals surface area (Å²) in [4.78, 5) is 17.9. The zero-order chi connectivity index (χ0) is 24.4. The summed E-state index contributed by atoms with van der Waals surface area (Å²) in [6, 6.07) is 19.8. The number of thiazole rings is 1. The zero-order valence-electron chi connectivity index (χ0n) is 19.2. The Morgan fingerprint density at radius 1 is 1.00 bits per heavy atom. The number of sulfonamides is 1. The highest BCUT2D eigenvalue weighted by molar-refractivity contribution is 7.89. The molecule has 1 aliphatic rings. The van der Waals surface area contributed by atoms with E-state index in [-0.39, 0.29) is 10.5 Å². The minimum absolute atomic E-state index is 0.0940. The fourth-order valence-corrected chi connectivity index (χ4v) is 6.68. The number of nitrogens with one attached hydrogen (secondary N) is 1. The molecule has 1 aliphatic heterocycles. The molecule has 0 unspecified atom stereocenters. The molecule has 0 aliphatic carbocycles. The zero-order valence-corrected chi connectivity index (χ0v) is 20.9. The van der Waals surface area contributed by atoms with Crippen LogP contribution in [0.3, 0.4) is 0 Å². The van der Waals surface area contributed by atoms with E-state index in [0.29, 0.717) is 24.5 Å². The van der Waals surface area contributed by atoms with E-state index in [1.807, 2.05) is 36.4 Å². The van der Waals surface area contributed by atoms with Crippen LogP contribution in [0.25, 0.3) is 20.8 Å². The number of fused-ring (bicyclic) bond motifs is 1. The Morgan fingerprint density at radius 3 is 2.46 bits per heavy atom. The number of piperidine rings is 1. The summed E-state index contributed by atoms with van der Waals surface area (Å²) < 4.78 is 34.2. The van der Waals surface area contributed by atoms with E-state index in [1.165, 1.54) is 29.6 Å². The smallest absolute Gasteiger partial charge is 0.259 e. The van der Waals surface area contributed by atoms with Crippen molar-refractivity contribution in [2.45, 2.75) is 24.2 Å². The second kappa shape index (κ2) is 9.77. The van der Waals surface area contributed by atoms with Crippen LogP contribution in [-0.2, 0) is 10.0 Å². The molecule has 0 saturated carbocycles. The molecule has 1 N–H and O–H groups in total. The van der Waals surface area contributed by atoms with Crippen LogP contribution in [0.4, 0.5) is 5.69 Å². The maximum Gasteiger partial charge on any atom is 0.259 e. The van der Waals surface area contributed by atoms with Crippen LogP contribution in [0.2, 0.25) is 0 Å². The second-order valence-corrected chi connectivity index (χ2v) is 11.3. The number of carbonyl (C=O) groups excluding carboxylic acids is 1. The highest BCUT2D eigenvalue weighted by atomic mass is 32.2. The summed E-state index contributed by atoms with van der Waals surface area (Å²) in [7, 11) is -2.22. The molecule has 1 aromatic heterocycles. The number of hydrogen-bond acceptors (Lipinski definition) is 6. The summed E-state index contributed by atoms with van der Waals surface area (Å²) >= 11 is 1.61. The number of rotatable bonds is 6. The Balaban J connectivity index is 1.37.